The second-order valence-corrected chi connectivity index (χ2v) is 22.7. The van der Waals surface area contributed by atoms with Crippen molar-refractivity contribution in [2.24, 2.45) is 0 Å². The third kappa shape index (κ3) is 64.6. The zero-order valence-corrected chi connectivity index (χ0v) is 53.5. The number of unbranched alkanes of at least 4 members (excludes halogenated alkanes) is 20. The van der Waals surface area contributed by atoms with Crippen LogP contribution >= 0.6 is 0 Å². The van der Waals surface area contributed by atoms with E-state index >= 15 is 0 Å². The molecule has 0 saturated heterocycles. The summed E-state index contributed by atoms with van der Waals surface area (Å²) in [6.07, 6.45) is 89.4. The molecule has 2 atom stereocenters. The Morgan fingerprint density at radius 1 is 0.373 bits per heavy atom. The van der Waals surface area contributed by atoms with Crippen molar-refractivity contribution in [1.82, 2.24) is 0 Å². The fourth-order valence-electron chi connectivity index (χ4n) is 8.54. The molecule has 0 heterocycles. The zero-order valence-electron chi connectivity index (χ0n) is 53.5. The molecule has 2 unspecified atom stereocenters. The van der Waals surface area contributed by atoms with Gasteiger partial charge in [-0.3, -0.25) is 9.59 Å². The number of hydrogen-bond donors (Lipinski definition) is 1. The lowest BCUT2D eigenvalue weighted by atomic mass is 10.0. The zero-order chi connectivity index (χ0) is 60.5. The van der Waals surface area contributed by atoms with Gasteiger partial charge >= 0.3 is 17.9 Å². The van der Waals surface area contributed by atoms with E-state index in [4.69, 9.17) is 18.9 Å². The van der Waals surface area contributed by atoms with Gasteiger partial charge in [0.1, 0.15) is 13.2 Å². The van der Waals surface area contributed by atoms with E-state index in [1.165, 1.54) is 103 Å². The standard InChI is InChI=1S/C74H121NO8/c1-6-8-10-12-14-16-18-20-22-24-26-28-30-32-34-35-36-37-39-41-43-45-47-49-51-53-55-57-59-61-63-65-72(77)83-70(69-82-74(73(78)79)80-67-66-75(3,4)5)68-81-71(76)64-62-60-58-56-54-52-50-48-46-44-42-40-38-33-31-29-27-25-23-21-19-17-15-13-11-9-7-2/h8,10,14,16,19-22,25-28,31-34,36-37,41,43,47,49,53,55,70,74H,6-7,9,11-13,15,17-18,23-24,29-30,35,38-40,42,44-46,48,50-52,54,56-69H2,1-5H3/p+1/b10-8-,16-14-,21-19-,22-20-,27-25-,28-26-,33-31-,34-32-,37-36-,43-41-,49-47-,55-53-. The Balaban J connectivity index is 4.30. The maximum absolute atomic E-state index is 12.9. The summed E-state index contributed by atoms with van der Waals surface area (Å²) < 4.78 is 22.9. The van der Waals surface area contributed by atoms with E-state index in [2.05, 4.69) is 160 Å². The van der Waals surface area contributed by atoms with Crippen molar-refractivity contribution in [2.45, 2.75) is 257 Å². The Morgan fingerprint density at radius 2 is 0.687 bits per heavy atom. The first-order chi connectivity index (χ1) is 40.6. The molecule has 0 aliphatic carbocycles. The number of hydrogen-bond acceptors (Lipinski definition) is 7. The number of nitrogens with zero attached hydrogens (tertiary/aromatic N) is 1. The number of carbonyl (C=O) groups excluding carboxylic acids is 2. The molecule has 0 aliphatic rings. The number of allylic oxidation sites excluding steroid dienone is 24. The van der Waals surface area contributed by atoms with Crippen molar-refractivity contribution in [3.05, 3.63) is 146 Å². The van der Waals surface area contributed by atoms with Gasteiger partial charge in [0.05, 0.1) is 34.4 Å². The molecule has 0 fully saturated rings. The summed E-state index contributed by atoms with van der Waals surface area (Å²) in [4.78, 5) is 37.6. The van der Waals surface area contributed by atoms with Gasteiger partial charge in [-0.1, -0.05) is 256 Å². The molecule has 83 heavy (non-hydrogen) atoms. The fraction of sp³-hybridized carbons (Fsp3) is 0.635. The van der Waals surface area contributed by atoms with E-state index in [1.54, 1.807) is 0 Å². The Bertz CT molecular complexity index is 1870. The Hall–Kier alpha value is -4.83. The molecule has 0 aromatic heterocycles. The van der Waals surface area contributed by atoms with Gasteiger partial charge in [0, 0.05) is 12.8 Å². The molecular formula is C74H122NO8+. The van der Waals surface area contributed by atoms with Crippen LogP contribution in [0.2, 0.25) is 0 Å². The molecule has 0 amide bonds. The normalized spacial score (nSPS) is 13.7. The van der Waals surface area contributed by atoms with Crippen molar-refractivity contribution in [3.8, 4) is 0 Å². The van der Waals surface area contributed by atoms with E-state index in [-0.39, 0.29) is 38.6 Å². The van der Waals surface area contributed by atoms with E-state index in [1.807, 2.05) is 21.1 Å². The van der Waals surface area contributed by atoms with Crippen LogP contribution in [0.5, 0.6) is 0 Å². The summed E-state index contributed by atoms with van der Waals surface area (Å²) in [7, 11) is 5.95. The minimum atomic E-state index is -1.53. The minimum Gasteiger partial charge on any atom is -0.477 e. The van der Waals surface area contributed by atoms with Crippen molar-refractivity contribution >= 4 is 17.9 Å². The second kappa shape index (κ2) is 63.2. The van der Waals surface area contributed by atoms with Crippen LogP contribution in [-0.4, -0.2) is 87.4 Å². The lowest BCUT2D eigenvalue weighted by Crippen LogP contribution is -2.40. The van der Waals surface area contributed by atoms with E-state index < -0.39 is 24.3 Å². The molecule has 0 aromatic carbocycles. The van der Waals surface area contributed by atoms with E-state index in [0.29, 0.717) is 17.4 Å². The lowest BCUT2D eigenvalue weighted by Gasteiger charge is -2.25. The molecule has 0 saturated carbocycles. The Morgan fingerprint density at radius 3 is 1.04 bits per heavy atom. The first kappa shape index (κ1) is 78.2. The van der Waals surface area contributed by atoms with Crippen LogP contribution in [0.1, 0.15) is 245 Å². The van der Waals surface area contributed by atoms with Gasteiger partial charge in [-0.25, -0.2) is 4.79 Å². The van der Waals surface area contributed by atoms with Gasteiger partial charge in [-0.2, -0.15) is 0 Å². The van der Waals surface area contributed by atoms with Gasteiger partial charge < -0.3 is 28.5 Å². The number of carboxylic acids is 1. The number of ether oxygens (including phenoxy) is 4. The summed E-state index contributed by atoms with van der Waals surface area (Å²) in [5.41, 5.74) is 0. The van der Waals surface area contributed by atoms with Crippen molar-refractivity contribution in [3.63, 3.8) is 0 Å². The van der Waals surface area contributed by atoms with Crippen molar-refractivity contribution in [2.75, 3.05) is 47.5 Å². The third-order valence-corrected chi connectivity index (χ3v) is 13.6. The minimum absolute atomic E-state index is 0.172. The highest BCUT2D eigenvalue weighted by Crippen LogP contribution is 2.15. The lowest BCUT2D eigenvalue weighted by molar-refractivity contribution is -0.870. The molecule has 470 valence electrons. The molecule has 0 aliphatic heterocycles. The summed E-state index contributed by atoms with van der Waals surface area (Å²) in [6, 6.07) is 0. The second-order valence-electron chi connectivity index (χ2n) is 22.7. The smallest absolute Gasteiger partial charge is 0.361 e. The largest absolute Gasteiger partial charge is 0.477 e. The number of rotatable bonds is 59. The van der Waals surface area contributed by atoms with Crippen molar-refractivity contribution in [1.29, 1.82) is 0 Å². The molecular weight excluding hydrogens is 1030 g/mol. The van der Waals surface area contributed by atoms with Gasteiger partial charge in [0.2, 0.25) is 0 Å². The van der Waals surface area contributed by atoms with E-state index in [0.717, 1.165) is 109 Å². The molecule has 9 nitrogen and oxygen atoms in total. The summed E-state index contributed by atoms with van der Waals surface area (Å²) in [6.45, 7) is 4.70. The molecule has 1 N–H and O–H groups in total. The topological polar surface area (TPSA) is 108 Å². The SMILES string of the molecule is CC/C=C\C/C=C\C/C=C\C/C=C\C/C=C\C/C=C\C/C=C\C/C=C\C/C=C\CCCCCC(=O)OC(COC(=O)CCCCCCCCCCCCCC/C=C\C/C=C\C/C=C\CCCCCCC)COC(OCC[N+](C)(C)C)C(=O)O. The molecule has 0 spiro atoms. The number of likely N-dealkylation sites (N-methyl/N-ethyl adjacent to an activating group) is 1. The molecule has 0 rings (SSSR count). The average molecular weight is 1150 g/mol. The predicted octanol–water partition coefficient (Wildman–Crippen LogP) is 20.3. The number of esters is 2. The maximum Gasteiger partial charge on any atom is 0.361 e. The number of aliphatic carboxylic acids is 1. The van der Waals surface area contributed by atoms with Gasteiger partial charge in [0.15, 0.2) is 6.10 Å². The highest BCUT2D eigenvalue weighted by molar-refractivity contribution is 5.71. The average Bonchev–Trinajstić information content (AvgIpc) is 3.46. The van der Waals surface area contributed by atoms with Crippen LogP contribution in [0.15, 0.2) is 146 Å². The Labute approximate surface area is 509 Å². The monoisotopic (exact) mass is 1150 g/mol. The van der Waals surface area contributed by atoms with E-state index in [9.17, 15) is 19.5 Å². The predicted molar refractivity (Wildman–Crippen MR) is 354 cm³/mol. The summed E-state index contributed by atoms with van der Waals surface area (Å²) in [5, 5.41) is 9.73. The molecule has 0 aromatic rings. The van der Waals surface area contributed by atoms with Gasteiger partial charge in [0.25, 0.3) is 6.29 Å². The van der Waals surface area contributed by atoms with Crippen molar-refractivity contribution < 1.29 is 42.9 Å². The van der Waals surface area contributed by atoms with Crippen LogP contribution in [0.4, 0.5) is 0 Å². The summed E-state index contributed by atoms with van der Waals surface area (Å²) >= 11 is 0. The first-order valence-corrected chi connectivity index (χ1v) is 33.0. The first-order valence-electron chi connectivity index (χ1n) is 33.0. The number of carboxylic acid groups (broad SMARTS) is 1. The quantitative estimate of drug-likeness (QED) is 0.0211. The van der Waals surface area contributed by atoms with Gasteiger partial charge in [-0.05, 0) is 122 Å². The molecule has 0 radical (unpaired) electrons. The fourth-order valence-corrected chi connectivity index (χ4v) is 8.54. The van der Waals surface area contributed by atoms with Crippen LogP contribution in [0.25, 0.3) is 0 Å². The van der Waals surface area contributed by atoms with Crippen LogP contribution in [-0.2, 0) is 33.3 Å². The highest BCUT2D eigenvalue weighted by Gasteiger charge is 2.25. The maximum atomic E-state index is 12.9. The van der Waals surface area contributed by atoms with Crippen LogP contribution in [0.3, 0.4) is 0 Å². The molecule has 0 bridgehead atoms. The third-order valence-electron chi connectivity index (χ3n) is 13.6. The van der Waals surface area contributed by atoms with Crippen LogP contribution in [0, 0.1) is 0 Å². The van der Waals surface area contributed by atoms with Gasteiger partial charge in [-0.15, -0.1) is 0 Å². The molecule has 9 heteroatoms. The van der Waals surface area contributed by atoms with Crippen LogP contribution < -0.4 is 0 Å². The highest BCUT2D eigenvalue weighted by atomic mass is 16.7. The number of quaternary nitrogens is 1. The number of carbonyl (C=O) groups is 3. The summed E-state index contributed by atoms with van der Waals surface area (Å²) in [5.74, 6) is -2.07. The Kier molecular flexibility index (Phi) is 59.5.